The van der Waals surface area contributed by atoms with Crippen molar-refractivity contribution >= 4 is 34.6 Å². The van der Waals surface area contributed by atoms with Crippen LogP contribution in [-0.2, 0) is 20.9 Å². The third kappa shape index (κ3) is 10.2. The first kappa shape index (κ1) is 30.4. The number of benzene rings is 1. The first-order chi connectivity index (χ1) is 18.5. The van der Waals surface area contributed by atoms with Crippen LogP contribution in [0.2, 0.25) is 0 Å². The number of nitrogens with one attached hydrogen (secondary N) is 2. The highest BCUT2D eigenvalue weighted by Crippen LogP contribution is 2.26. The van der Waals surface area contributed by atoms with Gasteiger partial charge in [0.05, 0.1) is 19.2 Å². The van der Waals surface area contributed by atoms with Crippen LogP contribution in [0.4, 0.5) is 23.7 Å². The van der Waals surface area contributed by atoms with Crippen molar-refractivity contribution in [1.82, 2.24) is 14.5 Å². The molecule has 0 aliphatic carbocycles. The molecule has 0 radical (unpaired) electrons. The number of ether oxygens (including phenoxy) is 2. The normalized spacial score (nSPS) is 10.8. The van der Waals surface area contributed by atoms with Crippen molar-refractivity contribution in [2.24, 2.45) is 11.5 Å². The van der Waals surface area contributed by atoms with Gasteiger partial charge in [-0.2, -0.15) is 0 Å². The maximum absolute atomic E-state index is 13.8. The highest BCUT2D eigenvalue weighted by molar-refractivity contribution is 5.90. The van der Waals surface area contributed by atoms with E-state index >= 15 is 0 Å². The lowest BCUT2D eigenvalue weighted by atomic mass is 10.2. The van der Waals surface area contributed by atoms with Gasteiger partial charge in [-0.3, -0.25) is 14.4 Å². The predicted molar refractivity (Wildman–Crippen MR) is 135 cm³/mol. The molecule has 3 rings (SSSR count). The molecule has 0 unspecified atom stereocenters. The number of fused-ring (bicyclic) bond motifs is 1. The minimum absolute atomic E-state index is 0.0506. The molecule has 6 N–H and O–H groups in total. The molecule has 15 heteroatoms. The Morgan fingerprint density at radius 2 is 1.97 bits per heavy atom. The smallest absolute Gasteiger partial charge is 0.404 e. The number of primary amides is 2. The van der Waals surface area contributed by atoms with Crippen molar-refractivity contribution in [2.45, 2.75) is 32.2 Å². The summed E-state index contributed by atoms with van der Waals surface area (Å²) in [5, 5.41) is 2.55. The quantitative estimate of drug-likeness (QED) is 0.208. The molecule has 3 amide bonds. The van der Waals surface area contributed by atoms with Crippen LogP contribution >= 0.6 is 0 Å². The summed E-state index contributed by atoms with van der Waals surface area (Å²) in [5.74, 6) is -1.52. The number of imidazole rings is 1. The molecule has 39 heavy (non-hydrogen) atoms. The Kier molecular flexibility index (Phi) is 11.5. The average Bonchev–Trinajstić information content (AvgIpc) is 3.27. The Bertz CT molecular complexity index is 1390. The number of aromatic nitrogens is 3. The number of hydrogen-bond acceptors (Lipinski definition) is 7. The number of carbonyl (C=O) groups is 3. The van der Waals surface area contributed by atoms with E-state index in [1.807, 2.05) is 0 Å². The number of pyridine rings is 1. The fourth-order valence-electron chi connectivity index (χ4n) is 3.15. The number of H-pyrrole nitrogens is 1. The van der Waals surface area contributed by atoms with Gasteiger partial charge in [0.25, 0.3) is 12.0 Å². The number of nitrogens with two attached hydrogens (primary N) is 2. The third-order valence-corrected chi connectivity index (χ3v) is 4.80. The molecular weight excluding hydrogens is 525 g/mol. The Morgan fingerprint density at radius 1 is 1.26 bits per heavy atom. The third-order valence-electron chi connectivity index (χ3n) is 4.80. The summed E-state index contributed by atoms with van der Waals surface area (Å²) in [6.45, 7) is -0.964. The number of halogens is 3. The van der Waals surface area contributed by atoms with Crippen LogP contribution in [0.25, 0.3) is 11.0 Å². The number of rotatable bonds is 11. The van der Waals surface area contributed by atoms with Gasteiger partial charge in [-0.1, -0.05) is 6.08 Å². The zero-order chi connectivity index (χ0) is 28.9. The highest BCUT2D eigenvalue weighted by Gasteiger charge is 2.15. The van der Waals surface area contributed by atoms with E-state index in [-0.39, 0.29) is 47.2 Å². The van der Waals surface area contributed by atoms with Crippen LogP contribution in [-0.4, -0.2) is 52.6 Å². The zero-order valence-corrected chi connectivity index (χ0v) is 20.8. The van der Waals surface area contributed by atoms with Gasteiger partial charge >= 0.3 is 6.09 Å². The monoisotopic (exact) mass is 552 g/mol. The van der Waals surface area contributed by atoms with E-state index in [4.69, 9.17) is 10.5 Å². The van der Waals surface area contributed by atoms with Crippen LogP contribution < -0.4 is 27.1 Å². The van der Waals surface area contributed by atoms with Crippen molar-refractivity contribution < 1.29 is 37.0 Å². The lowest BCUT2D eigenvalue weighted by molar-refractivity contribution is -0.116. The number of methoxy groups -OCH3 is 1. The molecule has 1 aromatic carbocycles. The number of hydrogen-bond donors (Lipinski definition) is 4. The summed E-state index contributed by atoms with van der Waals surface area (Å²) >= 11 is 0. The fraction of sp³-hybridized carbons (Fsp3) is 0.292. The van der Waals surface area contributed by atoms with E-state index in [2.05, 4.69) is 25.8 Å². The van der Waals surface area contributed by atoms with E-state index in [1.165, 1.54) is 30.0 Å². The van der Waals surface area contributed by atoms with Gasteiger partial charge in [0.15, 0.2) is 0 Å². The van der Waals surface area contributed by atoms with Gasteiger partial charge in [-0.05, 0) is 37.1 Å². The number of amides is 3. The van der Waals surface area contributed by atoms with Crippen LogP contribution in [0.5, 0.6) is 5.75 Å². The molecule has 0 bridgehead atoms. The molecule has 12 nitrogen and oxygen atoms in total. The molecule has 0 aliphatic heterocycles. The van der Waals surface area contributed by atoms with Crippen molar-refractivity contribution in [3.8, 4) is 5.75 Å². The van der Waals surface area contributed by atoms with Crippen molar-refractivity contribution in [2.75, 3.05) is 19.0 Å². The number of unbranched alkanes of at least 4 members (excludes halogenated alkanes) is 1. The van der Waals surface area contributed by atoms with Crippen LogP contribution in [0.15, 0.2) is 47.4 Å². The minimum Gasteiger partial charge on any atom is -0.485 e. The molecule has 3 aromatic rings. The van der Waals surface area contributed by atoms with E-state index in [1.54, 1.807) is 12.1 Å². The Labute approximate surface area is 219 Å². The lowest BCUT2D eigenvalue weighted by Gasteiger charge is -2.08. The van der Waals surface area contributed by atoms with Crippen molar-refractivity contribution in [1.29, 1.82) is 0 Å². The molecule has 2 heterocycles. The topological polar surface area (TPSA) is 184 Å². The molecule has 210 valence electrons. The van der Waals surface area contributed by atoms with E-state index in [9.17, 15) is 32.3 Å². The second kappa shape index (κ2) is 14.8. The summed E-state index contributed by atoms with van der Waals surface area (Å²) in [5.41, 5.74) is 9.35. The van der Waals surface area contributed by atoms with Crippen LogP contribution in [0.1, 0.15) is 25.1 Å². The maximum Gasteiger partial charge on any atom is 0.404 e. The Morgan fingerprint density at radius 3 is 2.62 bits per heavy atom. The summed E-state index contributed by atoms with van der Waals surface area (Å²) in [4.78, 5) is 52.0. The minimum atomic E-state index is -2.74. The number of anilines is 1. The SMILES string of the molecule is COC(N)=O.NC(=O)/C=C/CCCC(=O)Nc1cccn(Cc2nc3c(OCC(F)F)cc(F)cc3[nH]2)c1=O. The summed E-state index contributed by atoms with van der Waals surface area (Å²) in [6.07, 6.45) is 1.85. The van der Waals surface area contributed by atoms with Gasteiger partial charge in [0.1, 0.15) is 35.2 Å². The number of aromatic amines is 1. The van der Waals surface area contributed by atoms with E-state index in [0.717, 1.165) is 12.1 Å². The molecule has 0 saturated carbocycles. The zero-order valence-electron chi connectivity index (χ0n) is 20.8. The molecule has 0 fully saturated rings. The first-order valence-electron chi connectivity index (χ1n) is 11.4. The molecule has 0 spiro atoms. The maximum atomic E-state index is 13.8. The first-order valence-corrected chi connectivity index (χ1v) is 11.4. The predicted octanol–water partition coefficient (Wildman–Crippen LogP) is 2.42. The highest BCUT2D eigenvalue weighted by atomic mass is 19.3. The second-order valence-electron chi connectivity index (χ2n) is 7.81. The van der Waals surface area contributed by atoms with Crippen LogP contribution in [0.3, 0.4) is 0 Å². The standard InChI is InChI=1S/C22H22F3N5O4.C2H5NO2/c23-13-9-15-21(16(10-13)34-12-17(24)25)29-19(27-15)11-30-8-4-5-14(22(30)33)28-20(32)7-3-1-2-6-18(26)31;1-5-2(3)4/h2,4-6,8-10,17H,1,3,7,11-12H2,(H2,26,31)(H,27,29)(H,28,32);1H3,(H2,3,4)/b6-2+;. The van der Waals surface area contributed by atoms with Gasteiger partial charge < -0.3 is 35.8 Å². The van der Waals surface area contributed by atoms with E-state index in [0.29, 0.717) is 12.8 Å². The van der Waals surface area contributed by atoms with E-state index < -0.39 is 36.4 Å². The van der Waals surface area contributed by atoms with Gasteiger partial charge in [0.2, 0.25) is 11.8 Å². The number of nitrogens with zero attached hydrogens (tertiary/aromatic N) is 2. The average molecular weight is 553 g/mol. The summed E-state index contributed by atoms with van der Waals surface area (Å²) in [7, 11) is 1.22. The summed E-state index contributed by atoms with van der Waals surface area (Å²) < 4.78 is 48.9. The van der Waals surface area contributed by atoms with Gasteiger partial charge in [-0.15, -0.1) is 0 Å². The van der Waals surface area contributed by atoms with Crippen molar-refractivity contribution in [3.05, 3.63) is 64.6 Å². The van der Waals surface area contributed by atoms with Gasteiger partial charge in [0, 0.05) is 18.7 Å². The number of allylic oxidation sites excluding steroid dienone is 1. The lowest BCUT2D eigenvalue weighted by Crippen LogP contribution is -2.26. The van der Waals surface area contributed by atoms with Gasteiger partial charge in [-0.25, -0.2) is 22.9 Å². The second-order valence-corrected chi connectivity index (χ2v) is 7.81. The Balaban J connectivity index is 0.000000976. The Hall–Kier alpha value is -4.82. The largest absolute Gasteiger partial charge is 0.485 e. The number of alkyl halides is 2. The molecular formula is C24H27F3N6O6. The molecule has 2 aromatic heterocycles. The summed E-state index contributed by atoms with van der Waals surface area (Å²) in [6, 6.07) is 5.11. The molecule has 0 atom stereocenters. The fourth-order valence-corrected chi connectivity index (χ4v) is 3.15. The van der Waals surface area contributed by atoms with Crippen molar-refractivity contribution in [3.63, 3.8) is 0 Å². The number of carbonyl (C=O) groups excluding carboxylic acids is 3. The molecule has 0 aliphatic rings. The van der Waals surface area contributed by atoms with Crippen LogP contribution in [0, 0.1) is 5.82 Å². The molecule has 0 saturated heterocycles.